The SMILES string of the molecule is c1ccc(-n2c3ccccc3c3ccc(-c4ccc5c6ccccc6n(-c6nc(-c7cccc8ccccc78)cc(-c7cccc8ccccc78)n6)c5c4)cc32)cc1. The summed E-state index contributed by atoms with van der Waals surface area (Å²) in [6, 6.07) is 73.8. The van der Waals surface area contributed by atoms with Gasteiger partial charge in [0.25, 0.3) is 0 Å². The highest BCUT2D eigenvalue weighted by molar-refractivity contribution is 6.12. The molecule has 0 atom stereocenters. The van der Waals surface area contributed by atoms with Gasteiger partial charge in [0.15, 0.2) is 0 Å². The van der Waals surface area contributed by atoms with Crippen LogP contribution in [-0.2, 0) is 0 Å². The van der Waals surface area contributed by atoms with E-state index in [4.69, 9.17) is 9.97 Å². The van der Waals surface area contributed by atoms with Gasteiger partial charge in [-0.25, -0.2) is 9.97 Å². The van der Waals surface area contributed by atoms with E-state index in [2.05, 4.69) is 215 Å². The third kappa shape index (κ3) is 5.02. The van der Waals surface area contributed by atoms with Crippen LogP contribution in [0.3, 0.4) is 0 Å². The second kappa shape index (κ2) is 12.9. The van der Waals surface area contributed by atoms with Gasteiger partial charge in [0, 0.05) is 38.4 Å². The molecular formula is C54H34N4. The predicted octanol–water partition coefficient (Wildman–Crippen LogP) is 14.0. The largest absolute Gasteiger partial charge is 0.309 e. The molecule has 0 N–H and O–H groups in total. The number of rotatable bonds is 5. The Balaban J connectivity index is 1.12. The standard InChI is InChI=1S/C54H34N4/c1-2-18-39(19-3-1)57-50-26-10-8-22-44(50)46-30-28-37(32-52(46)57)38-29-31-47-45-23-9-11-27-51(45)58(53(47)33-38)54-55-48(42-24-12-16-35-14-4-6-20-40(35)42)34-49(56-54)43-25-13-17-36-15-5-7-21-41(36)43/h1-34H. The van der Waals surface area contributed by atoms with E-state index in [-0.39, 0.29) is 0 Å². The van der Waals surface area contributed by atoms with Crippen molar-refractivity contribution in [3.8, 4) is 45.3 Å². The highest BCUT2D eigenvalue weighted by Gasteiger charge is 2.20. The van der Waals surface area contributed by atoms with Crippen molar-refractivity contribution in [2.24, 2.45) is 0 Å². The summed E-state index contributed by atoms with van der Waals surface area (Å²) in [6.07, 6.45) is 0. The van der Waals surface area contributed by atoms with E-state index >= 15 is 0 Å². The van der Waals surface area contributed by atoms with Crippen LogP contribution in [0.15, 0.2) is 206 Å². The predicted molar refractivity (Wildman–Crippen MR) is 242 cm³/mol. The molecule has 9 aromatic carbocycles. The molecule has 0 aliphatic rings. The van der Waals surface area contributed by atoms with Gasteiger partial charge in [-0.2, -0.15) is 0 Å². The van der Waals surface area contributed by atoms with E-state index in [0.717, 1.165) is 71.9 Å². The van der Waals surface area contributed by atoms with Crippen LogP contribution >= 0.6 is 0 Å². The van der Waals surface area contributed by atoms with Crippen LogP contribution in [0.1, 0.15) is 0 Å². The minimum Gasteiger partial charge on any atom is -0.309 e. The Hall–Kier alpha value is -7.82. The van der Waals surface area contributed by atoms with Gasteiger partial charge >= 0.3 is 0 Å². The van der Waals surface area contributed by atoms with Crippen LogP contribution in [0.4, 0.5) is 0 Å². The van der Waals surface area contributed by atoms with E-state index < -0.39 is 0 Å². The second-order valence-electron chi connectivity index (χ2n) is 15.0. The van der Waals surface area contributed by atoms with Crippen molar-refractivity contribution in [1.29, 1.82) is 0 Å². The molecule has 0 amide bonds. The molecule has 0 bridgehead atoms. The number of aromatic nitrogens is 4. The first-order chi connectivity index (χ1) is 28.8. The molecule has 3 aromatic heterocycles. The molecule has 58 heavy (non-hydrogen) atoms. The van der Waals surface area contributed by atoms with Gasteiger partial charge in [-0.1, -0.05) is 164 Å². The fourth-order valence-electron chi connectivity index (χ4n) is 9.08. The molecule has 0 aliphatic heterocycles. The summed E-state index contributed by atoms with van der Waals surface area (Å²) in [5.74, 6) is 0.636. The normalized spacial score (nSPS) is 11.8. The molecule has 0 unspecified atom stereocenters. The first-order valence-corrected chi connectivity index (χ1v) is 19.7. The number of hydrogen-bond acceptors (Lipinski definition) is 2. The quantitative estimate of drug-likeness (QED) is 0.176. The summed E-state index contributed by atoms with van der Waals surface area (Å²) in [5, 5.41) is 9.47. The minimum atomic E-state index is 0.636. The minimum absolute atomic E-state index is 0.636. The number of nitrogens with zero attached hydrogens (tertiary/aromatic N) is 4. The summed E-state index contributed by atoms with van der Waals surface area (Å²) in [6.45, 7) is 0. The maximum Gasteiger partial charge on any atom is 0.235 e. The second-order valence-corrected chi connectivity index (χ2v) is 15.0. The van der Waals surface area contributed by atoms with Crippen LogP contribution < -0.4 is 0 Å². The molecule has 12 aromatic rings. The fraction of sp³-hybridized carbons (Fsp3) is 0. The number of benzene rings is 9. The van der Waals surface area contributed by atoms with Crippen LogP contribution in [0, 0.1) is 0 Å². The van der Waals surface area contributed by atoms with Crippen molar-refractivity contribution in [3.05, 3.63) is 206 Å². The average molecular weight is 739 g/mol. The van der Waals surface area contributed by atoms with Crippen molar-refractivity contribution >= 4 is 65.2 Å². The highest BCUT2D eigenvalue weighted by atomic mass is 15.2. The van der Waals surface area contributed by atoms with Gasteiger partial charge in [-0.05, 0) is 75.1 Å². The van der Waals surface area contributed by atoms with Gasteiger partial charge in [-0.15, -0.1) is 0 Å². The van der Waals surface area contributed by atoms with Gasteiger partial charge in [-0.3, -0.25) is 4.57 Å². The van der Waals surface area contributed by atoms with Gasteiger partial charge in [0.1, 0.15) is 0 Å². The van der Waals surface area contributed by atoms with Crippen molar-refractivity contribution in [2.75, 3.05) is 0 Å². The van der Waals surface area contributed by atoms with E-state index in [1.165, 1.54) is 32.6 Å². The third-order valence-corrected chi connectivity index (χ3v) is 11.7. The molecule has 270 valence electrons. The summed E-state index contributed by atoms with van der Waals surface area (Å²) < 4.78 is 4.64. The molecule has 0 spiro atoms. The zero-order valence-corrected chi connectivity index (χ0v) is 31.4. The Bertz CT molecular complexity index is 3470. The molecule has 4 nitrogen and oxygen atoms in total. The van der Waals surface area contributed by atoms with Crippen LogP contribution in [0.25, 0.3) is 110 Å². The molecule has 3 heterocycles. The molecule has 0 radical (unpaired) electrons. The topological polar surface area (TPSA) is 35.6 Å². The van der Waals surface area contributed by atoms with E-state index in [1.807, 2.05) is 0 Å². The Morgan fingerprint density at radius 3 is 1.29 bits per heavy atom. The molecule has 0 saturated carbocycles. The van der Waals surface area contributed by atoms with Crippen LogP contribution in [-0.4, -0.2) is 19.1 Å². The Kier molecular flexibility index (Phi) is 7.20. The molecule has 0 fully saturated rings. The Morgan fingerprint density at radius 2 is 0.724 bits per heavy atom. The zero-order chi connectivity index (χ0) is 38.2. The van der Waals surface area contributed by atoms with Crippen LogP contribution in [0.2, 0.25) is 0 Å². The first kappa shape index (κ1) is 32.4. The number of fused-ring (bicyclic) bond motifs is 8. The van der Waals surface area contributed by atoms with Gasteiger partial charge in [0.2, 0.25) is 5.95 Å². The number of hydrogen-bond donors (Lipinski definition) is 0. The summed E-state index contributed by atoms with van der Waals surface area (Å²) >= 11 is 0. The molecule has 0 saturated heterocycles. The van der Waals surface area contributed by atoms with Crippen molar-refractivity contribution in [2.45, 2.75) is 0 Å². The summed E-state index contributed by atoms with van der Waals surface area (Å²) in [4.78, 5) is 10.9. The Morgan fingerprint density at radius 1 is 0.293 bits per heavy atom. The van der Waals surface area contributed by atoms with E-state index in [9.17, 15) is 0 Å². The van der Waals surface area contributed by atoms with E-state index in [0.29, 0.717) is 5.95 Å². The fourth-order valence-corrected chi connectivity index (χ4v) is 9.08. The molecule has 0 aliphatic carbocycles. The summed E-state index contributed by atoms with van der Waals surface area (Å²) in [5.41, 5.74) is 11.8. The maximum atomic E-state index is 5.46. The number of para-hydroxylation sites is 3. The maximum absolute atomic E-state index is 5.46. The smallest absolute Gasteiger partial charge is 0.235 e. The summed E-state index contributed by atoms with van der Waals surface area (Å²) in [7, 11) is 0. The van der Waals surface area contributed by atoms with E-state index in [1.54, 1.807) is 0 Å². The lowest BCUT2D eigenvalue weighted by molar-refractivity contribution is 0.997. The van der Waals surface area contributed by atoms with Gasteiger partial charge in [0.05, 0.1) is 33.5 Å². The van der Waals surface area contributed by atoms with Crippen LogP contribution in [0.5, 0.6) is 0 Å². The monoisotopic (exact) mass is 738 g/mol. The van der Waals surface area contributed by atoms with Crippen molar-refractivity contribution in [1.82, 2.24) is 19.1 Å². The lowest BCUT2D eigenvalue weighted by Crippen LogP contribution is -2.04. The molecule has 4 heteroatoms. The molecular weight excluding hydrogens is 705 g/mol. The third-order valence-electron chi connectivity index (χ3n) is 11.7. The zero-order valence-electron chi connectivity index (χ0n) is 31.4. The lowest BCUT2D eigenvalue weighted by Gasteiger charge is -2.14. The molecule has 12 rings (SSSR count). The van der Waals surface area contributed by atoms with Crippen molar-refractivity contribution < 1.29 is 0 Å². The first-order valence-electron chi connectivity index (χ1n) is 19.7. The van der Waals surface area contributed by atoms with Crippen molar-refractivity contribution in [3.63, 3.8) is 0 Å². The lowest BCUT2D eigenvalue weighted by atomic mass is 9.99. The Labute approximate surface area is 334 Å². The average Bonchev–Trinajstić information content (AvgIpc) is 3.81. The van der Waals surface area contributed by atoms with Gasteiger partial charge < -0.3 is 4.57 Å². The highest BCUT2D eigenvalue weighted by Crippen LogP contribution is 2.39.